The van der Waals surface area contributed by atoms with Crippen molar-refractivity contribution < 1.29 is 8.42 Å². The van der Waals surface area contributed by atoms with E-state index in [2.05, 4.69) is 0 Å². The minimum absolute atomic E-state index is 0.221. The van der Waals surface area contributed by atoms with Gasteiger partial charge >= 0.3 is 0 Å². The van der Waals surface area contributed by atoms with Crippen molar-refractivity contribution in [1.82, 2.24) is 0 Å². The predicted molar refractivity (Wildman–Crippen MR) is 58.8 cm³/mol. The summed E-state index contributed by atoms with van der Waals surface area (Å²) in [6, 6.07) is 6.80. The Kier molecular flexibility index (Phi) is 3.97. The van der Waals surface area contributed by atoms with Crippen molar-refractivity contribution in [3.8, 4) is 0 Å². The van der Waals surface area contributed by atoms with Crippen LogP contribution in [0.4, 0.5) is 0 Å². The van der Waals surface area contributed by atoms with Crippen LogP contribution in [0.25, 0.3) is 0 Å². The van der Waals surface area contributed by atoms with Gasteiger partial charge in [-0.1, -0.05) is 19.1 Å². The van der Waals surface area contributed by atoms with Gasteiger partial charge in [0.15, 0.2) is 0 Å². The van der Waals surface area contributed by atoms with Gasteiger partial charge in [-0.2, -0.15) is 0 Å². The number of primary sulfonamides is 1. The van der Waals surface area contributed by atoms with E-state index in [1.165, 1.54) is 17.8 Å². The van der Waals surface area contributed by atoms with Gasteiger partial charge in [-0.3, -0.25) is 0 Å². The number of nitrogens with two attached hydrogens (primary N) is 1. The molecule has 2 N–H and O–H groups in total. The van der Waals surface area contributed by atoms with Crippen LogP contribution in [0.1, 0.15) is 13.3 Å². The summed E-state index contributed by atoms with van der Waals surface area (Å²) in [6.45, 7) is 2.05. The molecule has 78 valence electrons. The van der Waals surface area contributed by atoms with Crippen molar-refractivity contribution in [3.05, 3.63) is 24.3 Å². The molecule has 14 heavy (non-hydrogen) atoms. The first kappa shape index (κ1) is 11.6. The van der Waals surface area contributed by atoms with E-state index in [4.69, 9.17) is 5.14 Å². The highest BCUT2D eigenvalue weighted by molar-refractivity contribution is 8.00. The largest absolute Gasteiger partial charge is 0.239 e. The van der Waals surface area contributed by atoms with Gasteiger partial charge in [0.25, 0.3) is 0 Å². The number of rotatable bonds is 4. The van der Waals surface area contributed by atoms with Gasteiger partial charge in [-0.05, 0) is 24.3 Å². The van der Waals surface area contributed by atoms with E-state index in [0.29, 0.717) is 0 Å². The van der Waals surface area contributed by atoms with Crippen molar-refractivity contribution >= 4 is 21.8 Å². The van der Waals surface area contributed by atoms with E-state index in [1.54, 1.807) is 12.1 Å². The van der Waals surface area contributed by atoms with Crippen LogP contribution >= 0.6 is 11.8 Å². The van der Waals surface area contributed by atoms with Crippen LogP contribution in [0.3, 0.4) is 0 Å². The zero-order chi connectivity index (χ0) is 10.6. The maximum atomic E-state index is 11.2. The van der Waals surface area contributed by atoms with E-state index in [9.17, 15) is 8.42 Å². The molecule has 0 aliphatic carbocycles. The van der Waals surface area contributed by atoms with Crippen LogP contribution in [0.2, 0.25) is 0 Å². The highest BCUT2D eigenvalue weighted by Crippen LogP contribution is 2.25. The molecule has 0 heterocycles. The molecule has 0 radical (unpaired) electrons. The minimum Gasteiger partial charge on any atom is -0.225 e. The van der Waals surface area contributed by atoms with Gasteiger partial charge in [-0.25, -0.2) is 13.6 Å². The topological polar surface area (TPSA) is 60.2 Å². The SMILES string of the molecule is CCCSc1ccccc1S(N)(=O)=O. The second kappa shape index (κ2) is 4.82. The maximum absolute atomic E-state index is 11.2. The molecule has 0 aliphatic heterocycles. The Balaban J connectivity index is 3.04. The molecule has 0 spiro atoms. The highest BCUT2D eigenvalue weighted by atomic mass is 32.2. The first-order valence-electron chi connectivity index (χ1n) is 4.30. The summed E-state index contributed by atoms with van der Waals surface area (Å²) in [6.07, 6.45) is 1.00. The Labute approximate surface area is 88.8 Å². The molecule has 0 aromatic heterocycles. The van der Waals surface area contributed by atoms with E-state index < -0.39 is 10.0 Å². The normalized spacial score (nSPS) is 11.6. The maximum Gasteiger partial charge on any atom is 0.239 e. The summed E-state index contributed by atoms with van der Waals surface area (Å²) in [5.74, 6) is 0.895. The lowest BCUT2D eigenvalue weighted by atomic mass is 10.4. The first-order valence-corrected chi connectivity index (χ1v) is 6.83. The van der Waals surface area contributed by atoms with Gasteiger partial charge in [0.1, 0.15) is 0 Å². The van der Waals surface area contributed by atoms with E-state index >= 15 is 0 Å². The quantitative estimate of drug-likeness (QED) is 0.804. The number of benzene rings is 1. The van der Waals surface area contributed by atoms with Crippen molar-refractivity contribution in [3.63, 3.8) is 0 Å². The van der Waals surface area contributed by atoms with Gasteiger partial charge in [0.05, 0.1) is 4.90 Å². The molecular formula is C9H13NO2S2. The summed E-state index contributed by atoms with van der Waals surface area (Å²) in [5.41, 5.74) is 0. The molecular weight excluding hydrogens is 218 g/mol. The molecule has 0 saturated carbocycles. The van der Waals surface area contributed by atoms with Crippen LogP contribution in [0, 0.1) is 0 Å². The smallest absolute Gasteiger partial charge is 0.225 e. The fourth-order valence-electron chi connectivity index (χ4n) is 1.02. The third kappa shape index (κ3) is 3.01. The number of hydrogen-bond acceptors (Lipinski definition) is 3. The Bertz CT molecular complexity index is 401. The molecule has 1 aromatic carbocycles. The van der Waals surface area contributed by atoms with Crippen LogP contribution in [0.5, 0.6) is 0 Å². The van der Waals surface area contributed by atoms with Gasteiger partial charge in [-0.15, -0.1) is 11.8 Å². The Morgan fingerprint density at radius 1 is 1.36 bits per heavy atom. The van der Waals surface area contributed by atoms with Gasteiger partial charge < -0.3 is 0 Å². The van der Waals surface area contributed by atoms with Crippen molar-refractivity contribution in [1.29, 1.82) is 0 Å². The third-order valence-electron chi connectivity index (χ3n) is 1.62. The monoisotopic (exact) mass is 231 g/mol. The Morgan fingerprint density at radius 2 is 2.00 bits per heavy atom. The fourth-order valence-corrected chi connectivity index (χ4v) is 2.97. The zero-order valence-corrected chi connectivity index (χ0v) is 9.57. The standard InChI is InChI=1S/C9H13NO2S2/c1-2-7-13-8-5-3-4-6-9(8)14(10,11)12/h3-6H,2,7H2,1H3,(H2,10,11,12). The minimum atomic E-state index is -3.58. The molecule has 0 aliphatic rings. The number of thioether (sulfide) groups is 1. The lowest BCUT2D eigenvalue weighted by molar-refractivity contribution is 0.596. The van der Waals surface area contributed by atoms with E-state index in [-0.39, 0.29) is 4.90 Å². The molecule has 0 atom stereocenters. The van der Waals surface area contributed by atoms with Gasteiger partial charge in [0.2, 0.25) is 10.0 Å². The summed E-state index contributed by atoms with van der Waals surface area (Å²) in [7, 11) is -3.58. The molecule has 5 heteroatoms. The summed E-state index contributed by atoms with van der Waals surface area (Å²) in [4.78, 5) is 0.954. The van der Waals surface area contributed by atoms with E-state index in [1.807, 2.05) is 13.0 Å². The Hall–Kier alpha value is -0.520. The molecule has 0 saturated heterocycles. The second-order valence-electron chi connectivity index (χ2n) is 2.84. The van der Waals surface area contributed by atoms with Gasteiger partial charge in [0, 0.05) is 4.90 Å². The van der Waals surface area contributed by atoms with Crippen molar-refractivity contribution in [2.24, 2.45) is 5.14 Å². The van der Waals surface area contributed by atoms with Crippen molar-refractivity contribution in [2.45, 2.75) is 23.1 Å². The predicted octanol–water partition coefficient (Wildman–Crippen LogP) is 1.84. The average Bonchev–Trinajstić information content (AvgIpc) is 2.14. The summed E-state index contributed by atoms with van der Waals surface area (Å²) >= 11 is 1.51. The first-order chi connectivity index (χ1) is 6.55. The van der Waals surface area contributed by atoms with Crippen LogP contribution in [-0.4, -0.2) is 14.2 Å². The number of hydrogen-bond donors (Lipinski definition) is 1. The van der Waals surface area contributed by atoms with Crippen LogP contribution in [0.15, 0.2) is 34.1 Å². The molecule has 0 unspecified atom stereocenters. The van der Waals surface area contributed by atoms with Crippen LogP contribution in [-0.2, 0) is 10.0 Å². The van der Waals surface area contributed by atoms with E-state index in [0.717, 1.165) is 17.1 Å². The molecule has 0 bridgehead atoms. The van der Waals surface area contributed by atoms with Crippen molar-refractivity contribution in [2.75, 3.05) is 5.75 Å². The zero-order valence-electron chi connectivity index (χ0n) is 7.93. The highest BCUT2D eigenvalue weighted by Gasteiger charge is 2.12. The average molecular weight is 231 g/mol. The lowest BCUT2D eigenvalue weighted by Gasteiger charge is -2.05. The molecule has 1 aromatic rings. The molecule has 0 amide bonds. The second-order valence-corrected chi connectivity index (χ2v) is 5.51. The number of sulfonamides is 1. The van der Waals surface area contributed by atoms with Crippen LogP contribution < -0.4 is 5.14 Å². The fraction of sp³-hybridized carbons (Fsp3) is 0.333. The Morgan fingerprint density at radius 3 is 2.57 bits per heavy atom. The third-order valence-corrected chi connectivity index (χ3v) is 4.00. The summed E-state index contributed by atoms with van der Waals surface area (Å²) < 4.78 is 22.4. The molecule has 0 fully saturated rings. The molecule has 1 rings (SSSR count). The lowest BCUT2D eigenvalue weighted by Crippen LogP contribution is -2.13. The summed E-state index contributed by atoms with van der Waals surface area (Å²) in [5, 5.41) is 5.09. The molecule has 3 nitrogen and oxygen atoms in total.